The average Bonchev–Trinajstić information content (AvgIpc) is 2.98. The monoisotopic (exact) mass is 241 g/mol. The van der Waals surface area contributed by atoms with Gasteiger partial charge in [-0.3, -0.25) is 4.21 Å². The lowest BCUT2D eigenvalue weighted by molar-refractivity contribution is 0.684. The second kappa shape index (κ2) is 4.99. The summed E-state index contributed by atoms with van der Waals surface area (Å²) in [6, 6.07) is 0.656. The molecule has 1 N–H and O–H groups in total. The number of nitrogens with zero attached hydrogens (tertiary/aromatic N) is 2. The Morgan fingerprint density at radius 3 is 3.00 bits per heavy atom. The van der Waals surface area contributed by atoms with E-state index in [-0.39, 0.29) is 0 Å². The summed E-state index contributed by atoms with van der Waals surface area (Å²) in [7, 11) is -0.687. The van der Waals surface area contributed by atoms with Crippen molar-refractivity contribution in [3.63, 3.8) is 0 Å². The molecule has 1 saturated carbocycles. The van der Waals surface area contributed by atoms with Gasteiger partial charge in [0.2, 0.25) is 5.95 Å². The van der Waals surface area contributed by atoms with Gasteiger partial charge in [0.15, 0.2) is 0 Å². The molecular weight excluding hydrogens is 222 g/mol. The molecule has 1 aliphatic carbocycles. The first-order valence-corrected chi connectivity index (χ1v) is 7.49. The summed E-state index contributed by atoms with van der Waals surface area (Å²) >= 11 is 0. The molecule has 1 aromatic heterocycles. The normalized spacial score (nSPS) is 17.4. The van der Waals surface area contributed by atoms with Crippen molar-refractivity contribution < 1.29 is 4.21 Å². The summed E-state index contributed by atoms with van der Waals surface area (Å²) < 4.78 is 13.1. The number of hydrogen-bond acceptors (Lipinski definition) is 3. The minimum Gasteiger partial charge on any atom is -0.356 e. The standard InChI is InChI=1S/C11H19N3OS/c1-9-8-14(10-4-5-10)11(13-9)12-6-3-7-16(2)15/h8,10H,3-7H2,1-2H3,(H,12,13). The van der Waals surface area contributed by atoms with E-state index in [9.17, 15) is 4.21 Å². The third-order valence-electron chi connectivity index (χ3n) is 2.68. The number of imidazole rings is 1. The predicted octanol–water partition coefficient (Wildman–Crippen LogP) is 1.71. The van der Waals surface area contributed by atoms with Crippen molar-refractivity contribution in [1.82, 2.24) is 9.55 Å². The van der Waals surface area contributed by atoms with Crippen LogP contribution in [0.3, 0.4) is 0 Å². The fraction of sp³-hybridized carbons (Fsp3) is 0.727. The van der Waals surface area contributed by atoms with E-state index in [1.807, 2.05) is 6.92 Å². The van der Waals surface area contributed by atoms with E-state index in [0.717, 1.165) is 30.4 Å². The molecule has 0 radical (unpaired) electrons. The second-order valence-electron chi connectivity index (χ2n) is 4.40. The molecule has 1 aromatic rings. The minimum absolute atomic E-state index is 0.656. The van der Waals surface area contributed by atoms with Gasteiger partial charge in [-0.05, 0) is 26.2 Å². The van der Waals surface area contributed by atoms with Gasteiger partial charge in [0.05, 0.1) is 5.69 Å². The Morgan fingerprint density at radius 2 is 2.38 bits per heavy atom. The third kappa shape index (κ3) is 3.07. The van der Waals surface area contributed by atoms with Crippen molar-refractivity contribution in [2.24, 2.45) is 0 Å². The first-order chi connectivity index (χ1) is 7.66. The van der Waals surface area contributed by atoms with E-state index in [0.29, 0.717) is 6.04 Å². The number of anilines is 1. The highest BCUT2D eigenvalue weighted by atomic mass is 32.2. The maximum absolute atomic E-state index is 10.9. The van der Waals surface area contributed by atoms with Gasteiger partial charge in [-0.2, -0.15) is 0 Å². The minimum atomic E-state index is -0.687. The molecule has 1 aliphatic rings. The fourth-order valence-electron chi connectivity index (χ4n) is 1.75. The Hall–Kier alpha value is -0.840. The largest absolute Gasteiger partial charge is 0.356 e. The van der Waals surface area contributed by atoms with Crippen molar-refractivity contribution >= 4 is 16.7 Å². The van der Waals surface area contributed by atoms with E-state index in [2.05, 4.69) is 21.1 Å². The van der Waals surface area contributed by atoms with Gasteiger partial charge in [-0.1, -0.05) is 0 Å². The van der Waals surface area contributed by atoms with Gasteiger partial charge in [0.1, 0.15) is 0 Å². The smallest absolute Gasteiger partial charge is 0.203 e. The molecule has 0 bridgehead atoms. The molecule has 16 heavy (non-hydrogen) atoms. The molecule has 1 unspecified atom stereocenters. The van der Waals surface area contributed by atoms with Crippen molar-refractivity contribution in [1.29, 1.82) is 0 Å². The Balaban J connectivity index is 1.85. The summed E-state index contributed by atoms with van der Waals surface area (Å²) in [5, 5.41) is 3.33. The van der Waals surface area contributed by atoms with Crippen LogP contribution in [0, 0.1) is 6.92 Å². The van der Waals surface area contributed by atoms with Crippen LogP contribution in [-0.4, -0.2) is 32.3 Å². The quantitative estimate of drug-likeness (QED) is 0.771. The Bertz CT molecular complexity index is 385. The van der Waals surface area contributed by atoms with Crippen LogP contribution in [0.25, 0.3) is 0 Å². The van der Waals surface area contributed by atoms with Gasteiger partial charge < -0.3 is 9.88 Å². The van der Waals surface area contributed by atoms with E-state index >= 15 is 0 Å². The lowest BCUT2D eigenvalue weighted by atomic mass is 10.5. The van der Waals surface area contributed by atoms with Crippen LogP contribution >= 0.6 is 0 Å². The molecule has 90 valence electrons. The summed E-state index contributed by atoms with van der Waals surface area (Å²) in [5.41, 5.74) is 1.06. The lowest BCUT2D eigenvalue weighted by Gasteiger charge is -2.07. The number of nitrogens with one attached hydrogen (secondary N) is 1. The van der Waals surface area contributed by atoms with Gasteiger partial charge in [0, 0.05) is 41.6 Å². The Morgan fingerprint density at radius 1 is 1.62 bits per heavy atom. The average molecular weight is 241 g/mol. The molecule has 0 spiro atoms. The summed E-state index contributed by atoms with van der Waals surface area (Å²) in [4.78, 5) is 4.46. The van der Waals surface area contributed by atoms with Gasteiger partial charge in [0.25, 0.3) is 0 Å². The lowest BCUT2D eigenvalue weighted by Crippen LogP contribution is -2.10. The third-order valence-corrected chi connectivity index (χ3v) is 3.55. The van der Waals surface area contributed by atoms with Gasteiger partial charge >= 0.3 is 0 Å². The molecule has 2 rings (SSSR count). The predicted molar refractivity (Wildman–Crippen MR) is 67.3 cm³/mol. The van der Waals surface area contributed by atoms with Crippen LogP contribution in [0.15, 0.2) is 6.20 Å². The SMILES string of the molecule is Cc1cn(C2CC2)c(NCCCS(C)=O)n1. The van der Waals surface area contributed by atoms with Crippen LogP contribution < -0.4 is 5.32 Å². The van der Waals surface area contributed by atoms with E-state index < -0.39 is 10.8 Å². The number of hydrogen-bond donors (Lipinski definition) is 1. The van der Waals surface area contributed by atoms with Crippen LogP contribution in [0.5, 0.6) is 0 Å². The second-order valence-corrected chi connectivity index (χ2v) is 5.96. The van der Waals surface area contributed by atoms with Crippen LogP contribution in [0.4, 0.5) is 5.95 Å². The molecule has 0 amide bonds. The molecule has 0 saturated heterocycles. The highest BCUT2D eigenvalue weighted by Gasteiger charge is 2.25. The van der Waals surface area contributed by atoms with Crippen molar-refractivity contribution in [2.45, 2.75) is 32.2 Å². The topological polar surface area (TPSA) is 46.9 Å². The van der Waals surface area contributed by atoms with E-state index in [1.165, 1.54) is 12.8 Å². The van der Waals surface area contributed by atoms with E-state index in [4.69, 9.17) is 0 Å². The molecule has 1 heterocycles. The fourth-order valence-corrected chi connectivity index (χ4v) is 2.30. The Kier molecular flexibility index (Phi) is 3.63. The summed E-state index contributed by atoms with van der Waals surface area (Å²) in [6.45, 7) is 2.87. The maximum Gasteiger partial charge on any atom is 0.203 e. The molecule has 4 nitrogen and oxygen atoms in total. The zero-order chi connectivity index (χ0) is 11.5. The maximum atomic E-state index is 10.9. The molecule has 0 aromatic carbocycles. The van der Waals surface area contributed by atoms with Gasteiger partial charge in [-0.25, -0.2) is 4.98 Å². The number of aromatic nitrogens is 2. The highest BCUT2D eigenvalue weighted by molar-refractivity contribution is 7.84. The van der Waals surface area contributed by atoms with Crippen molar-refractivity contribution in [3.05, 3.63) is 11.9 Å². The van der Waals surface area contributed by atoms with Crippen molar-refractivity contribution in [2.75, 3.05) is 23.9 Å². The number of rotatable bonds is 6. The molecule has 1 atom stereocenters. The van der Waals surface area contributed by atoms with Crippen LogP contribution in [-0.2, 0) is 10.8 Å². The molecule has 1 fully saturated rings. The first kappa shape index (κ1) is 11.6. The zero-order valence-corrected chi connectivity index (χ0v) is 10.7. The first-order valence-electron chi connectivity index (χ1n) is 5.76. The van der Waals surface area contributed by atoms with Crippen LogP contribution in [0.2, 0.25) is 0 Å². The number of aryl methyl sites for hydroxylation is 1. The zero-order valence-electron chi connectivity index (χ0n) is 9.90. The Labute approximate surface area is 98.9 Å². The summed E-state index contributed by atoms with van der Waals surface area (Å²) in [5.74, 6) is 1.73. The molecular formula is C11H19N3OS. The van der Waals surface area contributed by atoms with E-state index in [1.54, 1.807) is 6.26 Å². The molecule has 0 aliphatic heterocycles. The highest BCUT2D eigenvalue weighted by Crippen LogP contribution is 2.37. The van der Waals surface area contributed by atoms with Crippen LogP contribution in [0.1, 0.15) is 31.0 Å². The molecule has 5 heteroatoms. The van der Waals surface area contributed by atoms with Gasteiger partial charge in [-0.15, -0.1) is 0 Å². The summed E-state index contributed by atoms with van der Waals surface area (Å²) in [6.07, 6.45) is 7.32. The van der Waals surface area contributed by atoms with Crippen molar-refractivity contribution in [3.8, 4) is 0 Å².